The zero-order chi connectivity index (χ0) is 17.8. The molecule has 0 radical (unpaired) electrons. The number of hydrogen-bond donors (Lipinski definition) is 0. The van der Waals surface area contributed by atoms with Crippen LogP contribution >= 0.6 is 0 Å². The second kappa shape index (κ2) is 7.76. The number of para-hydroxylation sites is 1. The first kappa shape index (κ1) is 16.9. The summed E-state index contributed by atoms with van der Waals surface area (Å²) in [6.45, 7) is 3.65. The molecule has 2 nitrogen and oxygen atoms in total. The fourth-order valence-electron chi connectivity index (χ4n) is 3.11. The van der Waals surface area contributed by atoms with E-state index in [1.165, 1.54) is 27.8 Å². The molecule has 1 aliphatic rings. The highest BCUT2D eigenvalue weighted by molar-refractivity contribution is 5.64. The van der Waals surface area contributed by atoms with E-state index in [-0.39, 0.29) is 6.10 Å². The van der Waals surface area contributed by atoms with Crippen LogP contribution in [0.1, 0.15) is 23.6 Å². The third-order valence-corrected chi connectivity index (χ3v) is 4.84. The van der Waals surface area contributed by atoms with E-state index in [2.05, 4.69) is 67.6 Å². The maximum absolute atomic E-state index is 5.92. The molecule has 2 heteroatoms. The van der Waals surface area contributed by atoms with Crippen molar-refractivity contribution >= 4 is 0 Å². The van der Waals surface area contributed by atoms with Crippen molar-refractivity contribution in [3.05, 3.63) is 89.5 Å². The van der Waals surface area contributed by atoms with E-state index < -0.39 is 0 Å². The van der Waals surface area contributed by atoms with E-state index >= 15 is 0 Å². The van der Waals surface area contributed by atoms with Crippen molar-refractivity contribution in [1.82, 2.24) is 0 Å². The third kappa shape index (κ3) is 4.14. The molecule has 1 atom stereocenters. The van der Waals surface area contributed by atoms with Gasteiger partial charge in [0.1, 0.15) is 18.5 Å². The Bertz CT molecular complexity index is 846. The van der Waals surface area contributed by atoms with Crippen LogP contribution in [0.5, 0.6) is 5.75 Å². The average Bonchev–Trinajstić information content (AvgIpc) is 3.53. The molecule has 1 saturated heterocycles. The topological polar surface area (TPSA) is 21.8 Å². The van der Waals surface area contributed by atoms with Gasteiger partial charge in [-0.15, -0.1) is 0 Å². The van der Waals surface area contributed by atoms with Gasteiger partial charge in [-0.05, 0) is 40.3 Å². The zero-order valence-corrected chi connectivity index (χ0v) is 15.2. The van der Waals surface area contributed by atoms with E-state index in [4.69, 9.17) is 9.47 Å². The van der Waals surface area contributed by atoms with Gasteiger partial charge in [0.15, 0.2) is 0 Å². The zero-order valence-electron chi connectivity index (χ0n) is 15.2. The minimum atomic E-state index is 0.279. The maximum atomic E-state index is 5.92. The summed E-state index contributed by atoms with van der Waals surface area (Å²) in [6, 6.07) is 25.9. The van der Waals surface area contributed by atoms with Crippen molar-refractivity contribution in [3.8, 4) is 16.9 Å². The third-order valence-electron chi connectivity index (χ3n) is 4.84. The number of benzene rings is 3. The molecule has 132 valence electrons. The normalized spacial score (nSPS) is 15.7. The number of ether oxygens (including phenoxy) is 2. The Hall–Kier alpha value is -2.58. The van der Waals surface area contributed by atoms with Crippen LogP contribution in [0.4, 0.5) is 0 Å². The summed E-state index contributed by atoms with van der Waals surface area (Å²) in [4.78, 5) is 0. The van der Waals surface area contributed by atoms with Gasteiger partial charge in [-0.1, -0.05) is 73.7 Å². The summed E-state index contributed by atoms with van der Waals surface area (Å²) in [5, 5.41) is 0. The first-order chi connectivity index (χ1) is 12.8. The Balaban J connectivity index is 1.47. The molecule has 26 heavy (non-hydrogen) atoms. The fourth-order valence-corrected chi connectivity index (χ4v) is 3.11. The van der Waals surface area contributed by atoms with Crippen molar-refractivity contribution in [3.63, 3.8) is 0 Å². The fraction of sp³-hybridized carbons (Fsp3) is 0.250. The van der Waals surface area contributed by atoms with Crippen molar-refractivity contribution in [2.45, 2.75) is 25.9 Å². The quantitative estimate of drug-likeness (QED) is 0.544. The van der Waals surface area contributed by atoms with Gasteiger partial charge in [-0.3, -0.25) is 0 Å². The predicted octanol–water partition coefficient (Wildman–Crippen LogP) is 5.28. The van der Waals surface area contributed by atoms with Gasteiger partial charge < -0.3 is 9.47 Å². The van der Waals surface area contributed by atoms with Crippen LogP contribution in [0.15, 0.2) is 72.8 Å². The molecule has 4 rings (SSSR count). The van der Waals surface area contributed by atoms with E-state index in [0.29, 0.717) is 6.61 Å². The Kier molecular flexibility index (Phi) is 5.03. The van der Waals surface area contributed by atoms with Gasteiger partial charge in [-0.25, -0.2) is 0 Å². The molecular weight excluding hydrogens is 320 g/mol. The summed E-state index contributed by atoms with van der Waals surface area (Å²) < 4.78 is 11.2. The van der Waals surface area contributed by atoms with Crippen LogP contribution in [0.25, 0.3) is 11.1 Å². The molecular formula is C24H24O2. The van der Waals surface area contributed by atoms with Gasteiger partial charge in [-0.2, -0.15) is 0 Å². The van der Waals surface area contributed by atoms with Crippen LogP contribution in [0, 0.1) is 0 Å². The first-order valence-corrected chi connectivity index (χ1v) is 9.32. The van der Waals surface area contributed by atoms with E-state index in [9.17, 15) is 0 Å². The van der Waals surface area contributed by atoms with Crippen LogP contribution in [-0.2, 0) is 17.6 Å². The summed E-state index contributed by atoms with van der Waals surface area (Å²) in [5.41, 5.74) is 6.40. The SMILES string of the molecule is CCc1ccc(-c2ccc(Cc3ccccc3OCC3CO3)cc2)cc1. The molecule has 1 fully saturated rings. The first-order valence-electron chi connectivity index (χ1n) is 9.32. The van der Waals surface area contributed by atoms with Crippen LogP contribution < -0.4 is 4.74 Å². The van der Waals surface area contributed by atoms with Crippen LogP contribution in [0.3, 0.4) is 0 Å². The number of rotatable bonds is 7. The van der Waals surface area contributed by atoms with Gasteiger partial charge in [0.25, 0.3) is 0 Å². The summed E-state index contributed by atoms with van der Waals surface area (Å²) in [5.74, 6) is 0.960. The highest BCUT2D eigenvalue weighted by atomic mass is 16.6. The standard InChI is InChI=1S/C24H24O2/c1-2-18-7-11-20(12-8-18)21-13-9-19(10-14-21)15-22-5-3-4-6-24(22)26-17-23-16-25-23/h3-14,23H,2,15-17H2,1H3. The summed E-state index contributed by atoms with van der Waals surface area (Å²) in [6.07, 6.45) is 2.23. The molecule has 1 heterocycles. The Morgan fingerprint density at radius 3 is 2.08 bits per heavy atom. The minimum absolute atomic E-state index is 0.279. The molecule has 1 unspecified atom stereocenters. The highest BCUT2D eigenvalue weighted by Gasteiger charge is 2.23. The predicted molar refractivity (Wildman–Crippen MR) is 106 cm³/mol. The lowest BCUT2D eigenvalue weighted by molar-refractivity contribution is 0.261. The van der Waals surface area contributed by atoms with Crippen LogP contribution in [-0.4, -0.2) is 19.3 Å². The number of aryl methyl sites for hydroxylation is 1. The molecule has 0 aromatic heterocycles. The molecule has 0 bridgehead atoms. The summed E-state index contributed by atoms with van der Waals surface area (Å²) in [7, 11) is 0. The van der Waals surface area contributed by atoms with Gasteiger partial charge in [0.05, 0.1) is 6.61 Å². The molecule has 1 aliphatic heterocycles. The molecule has 0 N–H and O–H groups in total. The van der Waals surface area contributed by atoms with Crippen molar-refractivity contribution in [2.75, 3.05) is 13.2 Å². The highest BCUT2D eigenvalue weighted by Crippen LogP contribution is 2.25. The smallest absolute Gasteiger partial charge is 0.122 e. The van der Waals surface area contributed by atoms with E-state index in [1.807, 2.05) is 12.1 Å². The molecule has 3 aromatic rings. The second-order valence-electron chi connectivity index (χ2n) is 6.80. The van der Waals surface area contributed by atoms with Gasteiger partial charge in [0.2, 0.25) is 0 Å². The lowest BCUT2D eigenvalue weighted by Crippen LogP contribution is -2.06. The van der Waals surface area contributed by atoms with E-state index in [0.717, 1.165) is 25.2 Å². The second-order valence-corrected chi connectivity index (χ2v) is 6.80. The van der Waals surface area contributed by atoms with Crippen LogP contribution in [0.2, 0.25) is 0 Å². The Morgan fingerprint density at radius 1 is 0.846 bits per heavy atom. The Morgan fingerprint density at radius 2 is 1.46 bits per heavy atom. The largest absolute Gasteiger partial charge is 0.490 e. The van der Waals surface area contributed by atoms with Crippen molar-refractivity contribution in [1.29, 1.82) is 0 Å². The number of epoxide rings is 1. The minimum Gasteiger partial charge on any atom is -0.490 e. The van der Waals surface area contributed by atoms with Crippen molar-refractivity contribution in [2.24, 2.45) is 0 Å². The van der Waals surface area contributed by atoms with E-state index in [1.54, 1.807) is 0 Å². The lowest BCUT2D eigenvalue weighted by atomic mass is 9.99. The molecule has 0 saturated carbocycles. The molecule has 0 aliphatic carbocycles. The maximum Gasteiger partial charge on any atom is 0.122 e. The monoisotopic (exact) mass is 344 g/mol. The molecule has 0 amide bonds. The van der Waals surface area contributed by atoms with Gasteiger partial charge in [0, 0.05) is 6.42 Å². The average molecular weight is 344 g/mol. The van der Waals surface area contributed by atoms with Crippen molar-refractivity contribution < 1.29 is 9.47 Å². The summed E-state index contributed by atoms with van der Waals surface area (Å²) >= 11 is 0. The molecule has 3 aromatic carbocycles. The number of hydrogen-bond acceptors (Lipinski definition) is 2. The van der Waals surface area contributed by atoms with Gasteiger partial charge >= 0.3 is 0 Å². The molecule has 0 spiro atoms. The lowest BCUT2D eigenvalue weighted by Gasteiger charge is -2.11. The Labute approximate surface area is 155 Å².